The Labute approximate surface area is 122 Å². The van der Waals surface area contributed by atoms with E-state index in [4.69, 9.17) is 5.26 Å². The SMILES string of the molecule is CCC1CNCCN1c1cc(O)nn2cc(CC#N)nc12. The summed E-state index contributed by atoms with van der Waals surface area (Å²) >= 11 is 0. The van der Waals surface area contributed by atoms with E-state index in [0.29, 0.717) is 17.4 Å². The summed E-state index contributed by atoms with van der Waals surface area (Å²) in [4.78, 5) is 6.75. The monoisotopic (exact) mass is 286 g/mol. The van der Waals surface area contributed by atoms with Gasteiger partial charge in [0.2, 0.25) is 5.88 Å². The summed E-state index contributed by atoms with van der Waals surface area (Å²) in [6, 6.07) is 4.11. The van der Waals surface area contributed by atoms with Gasteiger partial charge in [-0.1, -0.05) is 6.92 Å². The fourth-order valence-corrected chi connectivity index (χ4v) is 2.82. The van der Waals surface area contributed by atoms with Crippen molar-refractivity contribution in [2.24, 2.45) is 0 Å². The Balaban J connectivity index is 2.09. The molecule has 3 rings (SSSR count). The second kappa shape index (κ2) is 5.58. The highest BCUT2D eigenvalue weighted by molar-refractivity contribution is 5.70. The van der Waals surface area contributed by atoms with Crippen LogP contribution in [0, 0.1) is 11.3 Å². The van der Waals surface area contributed by atoms with E-state index in [1.54, 1.807) is 16.8 Å². The molecule has 0 aliphatic carbocycles. The maximum Gasteiger partial charge on any atom is 0.231 e. The first kappa shape index (κ1) is 13.6. The Morgan fingerprint density at radius 3 is 3.19 bits per heavy atom. The lowest BCUT2D eigenvalue weighted by Gasteiger charge is -2.37. The molecular formula is C14H18N6O. The number of anilines is 1. The molecule has 21 heavy (non-hydrogen) atoms. The highest BCUT2D eigenvalue weighted by atomic mass is 16.3. The number of imidazole rings is 1. The van der Waals surface area contributed by atoms with Crippen LogP contribution in [-0.2, 0) is 6.42 Å². The van der Waals surface area contributed by atoms with Crippen molar-refractivity contribution in [1.29, 1.82) is 5.26 Å². The molecular weight excluding hydrogens is 268 g/mol. The topological polar surface area (TPSA) is 89.5 Å². The number of piperazine rings is 1. The average molecular weight is 286 g/mol. The van der Waals surface area contributed by atoms with Crippen molar-refractivity contribution in [3.05, 3.63) is 18.0 Å². The van der Waals surface area contributed by atoms with E-state index in [9.17, 15) is 5.11 Å². The minimum Gasteiger partial charge on any atom is -0.492 e. The molecule has 1 atom stereocenters. The third-order valence-corrected chi connectivity index (χ3v) is 3.83. The number of nitriles is 1. The van der Waals surface area contributed by atoms with Gasteiger partial charge in [-0.25, -0.2) is 9.50 Å². The van der Waals surface area contributed by atoms with E-state index in [1.807, 2.05) is 0 Å². The summed E-state index contributed by atoms with van der Waals surface area (Å²) in [5.74, 6) is -0.0354. The van der Waals surface area contributed by atoms with Gasteiger partial charge in [0.25, 0.3) is 0 Å². The van der Waals surface area contributed by atoms with Crippen molar-refractivity contribution in [3.63, 3.8) is 0 Å². The van der Waals surface area contributed by atoms with Gasteiger partial charge >= 0.3 is 0 Å². The van der Waals surface area contributed by atoms with Crippen LogP contribution in [-0.4, -0.2) is 45.4 Å². The van der Waals surface area contributed by atoms with Crippen LogP contribution in [0.1, 0.15) is 19.0 Å². The van der Waals surface area contributed by atoms with Gasteiger partial charge in [0.15, 0.2) is 5.65 Å². The van der Waals surface area contributed by atoms with Crippen LogP contribution < -0.4 is 10.2 Å². The predicted octanol–water partition coefficient (Wildman–Crippen LogP) is 0.689. The molecule has 1 aliphatic rings. The molecule has 7 heteroatoms. The van der Waals surface area contributed by atoms with Crippen LogP contribution in [0.2, 0.25) is 0 Å². The maximum absolute atomic E-state index is 9.87. The van der Waals surface area contributed by atoms with E-state index in [-0.39, 0.29) is 12.3 Å². The largest absolute Gasteiger partial charge is 0.492 e. The molecule has 110 valence electrons. The molecule has 0 spiro atoms. The second-order valence-electron chi connectivity index (χ2n) is 5.18. The predicted molar refractivity (Wildman–Crippen MR) is 78.3 cm³/mol. The van der Waals surface area contributed by atoms with Crippen LogP contribution in [0.5, 0.6) is 5.88 Å². The van der Waals surface area contributed by atoms with Crippen LogP contribution in [0.25, 0.3) is 5.65 Å². The average Bonchev–Trinajstić information content (AvgIpc) is 2.89. The van der Waals surface area contributed by atoms with Crippen molar-refractivity contribution in [2.45, 2.75) is 25.8 Å². The Morgan fingerprint density at radius 1 is 1.57 bits per heavy atom. The first-order valence-corrected chi connectivity index (χ1v) is 7.15. The summed E-state index contributed by atoms with van der Waals surface area (Å²) in [6.45, 7) is 4.82. The van der Waals surface area contributed by atoms with Crippen molar-refractivity contribution >= 4 is 11.3 Å². The zero-order valence-electron chi connectivity index (χ0n) is 12.0. The number of nitrogens with zero attached hydrogens (tertiary/aromatic N) is 5. The molecule has 2 N–H and O–H groups in total. The Hall–Kier alpha value is -2.33. The fourth-order valence-electron chi connectivity index (χ4n) is 2.82. The summed E-state index contributed by atoms with van der Waals surface area (Å²) in [5.41, 5.74) is 2.23. The standard InChI is InChI=1S/C14H18N6O/c1-2-11-8-16-5-6-19(11)12-7-13(21)18-20-9-10(3-4-15)17-14(12)20/h7,9,11,16H,2-3,5-6,8H2,1H3,(H,18,21). The van der Waals surface area contributed by atoms with Crippen molar-refractivity contribution < 1.29 is 5.11 Å². The van der Waals surface area contributed by atoms with Crippen molar-refractivity contribution in [1.82, 2.24) is 19.9 Å². The highest BCUT2D eigenvalue weighted by Gasteiger charge is 2.24. The van der Waals surface area contributed by atoms with E-state index in [0.717, 1.165) is 31.7 Å². The van der Waals surface area contributed by atoms with E-state index >= 15 is 0 Å². The van der Waals surface area contributed by atoms with E-state index in [1.165, 1.54) is 0 Å². The molecule has 7 nitrogen and oxygen atoms in total. The number of aromatic hydroxyl groups is 1. The molecule has 1 fully saturated rings. The number of fused-ring (bicyclic) bond motifs is 1. The van der Waals surface area contributed by atoms with Crippen LogP contribution in [0.3, 0.4) is 0 Å². The van der Waals surface area contributed by atoms with Gasteiger partial charge < -0.3 is 15.3 Å². The van der Waals surface area contributed by atoms with Crippen LogP contribution >= 0.6 is 0 Å². The lowest BCUT2D eigenvalue weighted by atomic mass is 10.1. The minimum absolute atomic E-state index is 0.0354. The molecule has 1 unspecified atom stereocenters. The van der Waals surface area contributed by atoms with Gasteiger partial charge in [0.1, 0.15) is 0 Å². The quantitative estimate of drug-likeness (QED) is 0.863. The van der Waals surface area contributed by atoms with Gasteiger partial charge in [0.05, 0.1) is 30.1 Å². The van der Waals surface area contributed by atoms with E-state index in [2.05, 4.69) is 33.3 Å². The number of hydrogen-bond acceptors (Lipinski definition) is 6. The van der Waals surface area contributed by atoms with Gasteiger partial charge in [-0.2, -0.15) is 5.26 Å². The molecule has 2 aromatic heterocycles. The Kier molecular flexibility index (Phi) is 3.62. The number of hydrogen-bond donors (Lipinski definition) is 2. The molecule has 0 radical (unpaired) electrons. The lowest BCUT2D eigenvalue weighted by Crippen LogP contribution is -2.51. The number of rotatable bonds is 3. The van der Waals surface area contributed by atoms with Crippen LogP contribution in [0.4, 0.5) is 5.69 Å². The van der Waals surface area contributed by atoms with Crippen molar-refractivity contribution in [2.75, 3.05) is 24.5 Å². The van der Waals surface area contributed by atoms with Crippen molar-refractivity contribution in [3.8, 4) is 11.9 Å². The minimum atomic E-state index is -0.0354. The molecule has 0 saturated carbocycles. The molecule has 1 aliphatic heterocycles. The third kappa shape index (κ3) is 2.50. The molecule has 0 aromatic carbocycles. The van der Waals surface area contributed by atoms with Gasteiger partial charge in [-0.15, -0.1) is 5.10 Å². The first-order valence-electron chi connectivity index (χ1n) is 7.15. The van der Waals surface area contributed by atoms with Gasteiger partial charge in [0, 0.05) is 31.7 Å². The lowest BCUT2D eigenvalue weighted by molar-refractivity contribution is 0.437. The zero-order valence-corrected chi connectivity index (χ0v) is 12.0. The van der Waals surface area contributed by atoms with Crippen LogP contribution in [0.15, 0.2) is 12.3 Å². The third-order valence-electron chi connectivity index (χ3n) is 3.83. The molecule has 1 saturated heterocycles. The molecule has 0 amide bonds. The van der Waals surface area contributed by atoms with E-state index < -0.39 is 0 Å². The second-order valence-corrected chi connectivity index (χ2v) is 5.18. The van der Waals surface area contributed by atoms with Gasteiger partial charge in [-0.05, 0) is 6.42 Å². The summed E-state index contributed by atoms with van der Waals surface area (Å²) < 4.78 is 1.56. The summed E-state index contributed by atoms with van der Waals surface area (Å²) in [6.07, 6.45) is 2.95. The molecule has 2 aromatic rings. The zero-order chi connectivity index (χ0) is 14.8. The maximum atomic E-state index is 9.87. The highest BCUT2D eigenvalue weighted by Crippen LogP contribution is 2.27. The number of nitrogens with one attached hydrogen (secondary N) is 1. The smallest absolute Gasteiger partial charge is 0.231 e. The molecule has 3 heterocycles. The normalized spacial score (nSPS) is 18.9. The Morgan fingerprint density at radius 2 is 2.43 bits per heavy atom. The number of aromatic nitrogens is 3. The summed E-state index contributed by atoms with van der Waals surface area (Å²) in [5, 5.41) is 26.1. The molecule has 0 bridgehead atoms. The van der Waals surface area contributed by atoms with Gasteiger partial charge in [-0.3, -0.25) is 0 Å². The fraction of sp³-hybridized carbons (Fsp3) is 0.500. The Bertz CT molecular complexity index is 689. The first-order chi connectivity index (χ1) is 10.2. The summed E-state index contributed by atoms with van der Waals surface area (Å²) in [7, 11) is 0.